The molecule has 0 heterocycles. The minimum absolute atomic E-state index is 0.0307. The number of nitro benzene ring substituents is 1. The summed E-state index contributed by atoms with van der Waals surface area (Å²) < 4.78 is 2.91. The molecule has 0 spiro atoms. The van der Waals surface area contributed by atoms with Gasteiger partial charge in [0.25, 0.3) is 5.69 Å². The van der Waals surface area contributed by atoms with Gasteiger partial charge in [-0.05, 0) is 37.3 Å². The number of nitro groups is 1. The third-order valence-electron chi connectivity index (χ3n) is 3.20. The summed E-state index contributed by atoms with van der Waals surface area (Å²) in [6, 6.07) is 6.27. The molecule has 1 aromatic rings. The quantitative estimate of drug-likeness (QED) is 0.375. The zero-order valence-electron chi connectivity index (χ0n) is 10.6. The number of benzene rings is 1. The zero-order valence-corrected chi connectivity index (χ0v) is 11.4. The van der Waals surface area contributed by atoms with E-state index in [2.05, 4.69) is 4.72 Å². The number of para-hydroxylation sites is 1. The van der Waals surface area contributed by atoms with Crippen molar-refractivity contribution in [3.63, 3.8) is 0 Å². The topological polar surface area (TPSA) is 92.5 Å². The Balaban J connectivity index is 2.16. The number of hydrogen-bond acceptors (Lipinski definition) is 5. The van der Waals surface area contributed by atoms with Gasteiger partial charge in [0.2, 0.25) is 0 Å². The highest BCUT2D eigenvalue weighted by Crippen LogP contribution is 2.32. The van der Waals surface area contributed by atoms with E-state index in [1.807, 2.05) is 12.2 Å². The van der Waals surface area contributed by atoms with Gasteiger partial charge in [-0.3, -0.25) is 14.9 Å². The lowest BCUT2D eigenvalue weighted by atomic mass is 9.87. The maximum atomic E-state index is 11.5. The minimum atomic E-state index is -1.07. The molecule has 0 fully saturated rings. The molecule has 0 aromatic heterocycles. The molecule has 0 amide bonds. The van der Waals surface area contributed by atoms with Crippen LogP contribution in [0.3, 0.4) is 0 Å². The Bertz CT molecular complexity index is 561. The first-order valence-electron chi connectivity index (χ1n) is 6.11. The van der Waals surface area contributed by atoms with Crippen molar-refractivity contribution >= 4 is 23.6 Å². The molecule has 1 aliphatic rings. The number of hydrogen-bond donors (Lipinski definition) is 2. The average molecular weight is 294 g/mol. The molecule has 1 unspecified atom stereocenters. The Labute approximate surface area is 120 Å². The summed E-state index contributed by atoms with van der Waals surface area (Å²) in [5, 5.41) is 20.3. The Kier molecular flexibility index (Phi) is 4.41. The van der Waals surface area contributed by atoms with Crippen molar-refractivity contribution in [3.8, 4) is 0 Å². The maximum absolute atomic E-state index is 11.5. The number of allylic oxidation sites excluding steroid dienone is 1. The van der Waals surface area contributed by atoms with Crippen LogP contribution >= 0.6 is 11.9 Å². The Morgan fingerprint density at radius 1 is 1.40 bits per heavy atom. The van der Waals surface area contributed by atoms with Crippen molar-refractivity contribution in [3.05, 3.63) is 46.5 Å². The lowest BCUT2D eigenvalue weighted by molar-refractivity contribution is -0.387. The molecule has 6 nitrogen and oxygen atoms in total. The van der Waals surface area contributed by atoms with E-state index < -0.39 is 16.4 Å². The molecule has 0 bridgehead atoms. The predicted octanol–water partition coefficient (Wildman–Crippen LogP) is 2.76. The van der Waals surface area contributed by atoms with Crippen molar-refractivity contribution in [2.45, 2.75) is 29.7 Å². The van der Waals surface area contributed by atoms with E-state index in [-0.39, 0.29) is 5.69 Å². The monoisotopic (exact) mass is 294 g/mol. The van der Waals surface area contributed by atoms with Gasteiger partial charge in [-0.2, -0.15) is 0 Å². The molecule has 20 heavy (non-hydrogen) atoms. The van der Waals surface area contributed by atoms with Crippen LogP contribution in [0.25, 0.3) is 0 Å². The van der Waals surface area contributed by atoms with Gasteiger partial charge in [-0.25, -0.2) is 4.72 Å². The Hall–Kier alpha value is -1.86. The molecule has 0 radical (unpaired) electrons. The standard InChI is InChI=1S/C13H14N2O4S/c16-12(17)13(8-4-1-5-9-13)14-20-11-7-3-2-6-10(11)15(18)19/h1-4,6-7,14H,5,8-9H2,(H,16,17). The average Bonchev–Trinajstić information content (AvgIpc) is 2.46. The molecular weight excluding hydrogens is 280 g/mol. The lowest BCUT2D eigenvalue weighted by Crippen LogP contribution is -2.49. The second kappa shape index (κ2) is 6.06. The molecule has 1 aromatic carbocycles. The molecule has 1 atom stereocenters. The van der Waals surface area contributed by atoms with Crippen LogP contribution in [0.5, 0.6) is 0 Å². The van der Waals surface area contributed by atoms with Crippen LogP contribution in [-0.2, 0) is 4.79 Å². The summed E-state index contributed by atoms with van der Waals surface area (Å²) >= 11 is 1.00. The number of aliphatic carboxylic acids is 1. The van der Waals surface area contributed by atoms with E-state index >= 15 is 0 Å². The normalized spacial score (nSPS) is 21.6. The fraction of sp³-hybridized carbons (Fsp3) is 0.308. The number of carbonyl (C=O) groups is 1. The third-order valence-corrected chi connectivity index (χ3v) is 4.26. The summed E-state index contributed by atoms with van der Waals surface area (Å²) in [6.07, 6.45) is 5.28. The summed E-state index contributed by atoms with van der Waals surface area (Å²) in [5.74, 6) is -0.937. The van der Waals surface area contributed by atoms with Gasteiger partial charge in [0.1, 0.15) is 10.4 Å². The Morgan fingerprint density at radius 3 is 2.75 bits per heavy atom. The van der Waals surface area contributed by atoms with E-state index in [4.69, 9.17) is 0 Å². The summed E-state index contributed by atoms with van der Waals surface area (Å²) in [4.78, 5) is 22.3. The first-order valence-corrected chi connectivity index (χ1v) is 6.93. The van der Waals surface area contributed by atoms with Gasteiger partial charge in [-0.15, -0.1) is 0 Å². The molecule has 2 rings (SSSR count). The van der Waals surface area contributed by atoms with Gasteiger partial charge in [-0.1, -0.05) is 24.3 Å². The second-order valence-corrected chi connectivity index (χ2v) is 5.38. The number of rotatable bonds is 5. The van der Waals surface area contributed by atoms with Gasteiger partial charge in [0.15, 0.2) is 0 Å². The molecule has 7 heteroatoms. The van der Waals surface area contributed by atoms with Crippen LogP contribution in [-0.4, -0.2) is 21.5 Å². The largest absolute Gasteiger partial charge is 0.480 e. The van der Waals surface area contributed by atoms with E-state index in [1.54, 1.807) is 18.2 Å². The SMILES string of the molecule is O=C(O)C1(NSc2ccccc2[N+](=O)[O-])CC=CCC1. The zero-order chi connectivity index (χ0) is 14.6. The highest BCUT2D eigenvalue weighted by Gasteiger charge is 2.38. The van der Waals surface area contributed by atoms with Crippen LogP contribution in [0.1, 0.15) is 19.3 Å². The first-order chi connectivity index (χ1) is 9.55. The van der Waals surface area contributed by atoms with Crippen molar-refractivity contribution < 1.29 is 14.8 Å². The van der Waals surface area contributed by atoms with Crippen molar-refractivity contribution in [1.29, 1.82) is 0 Å². The smallest absolute Gasteiger partial charge is 0.325 e. The number of carboxylic acid groups (broad SMARTS) is 1. The molecule has 1 aliphatic carbocycles. The Morgan fingerprint density at radius 2 is 2.15 bits per heavy atom. The summed E-state index contributed by atoms with van der Waals surface area (Å²) in [5.41, 5.74) is -1.10. The van der Waals surface area contributed by atoms with Gasteiger partial charge in [0.05, 0.1) is 4.92 Å². The van der Waals surface area contributed by atoms with E-state index in [0.717, 1.165) is 11.9 Å². The minimum Gasteiger partial charge on any atom is -0.480 e. The van der Waals surface area contributed by atoms with E-state index in [9.17, 15) is 20.0 Å². The first kappa shape index (κ1) is 14.5. The number of carboxylic acids is 1. The predicted molar refractivity (Wildman–Crippen MR) is 75.4 cm³/mol. The molecule has 0 saturated heterocycles. The van der Waals surface area contributed by atoms with Crippen molar-refractivity contribution in [1.82, 2.24) is 4.72 Å². The third kappa shape index (κ3) is 3.00. The van der Waals surface area contributed by atoms with Crippen LogP contribution in [0.2, 0.25) is 0 Å². The highest BCUT2D eigenvalue weighted by molar-refractivity contribution is 7.97. The van der Waals surface area contributed by atoms with Crippen LogP contribution < -0.4 is 4.72 Å². The van der Waals surface area contributed by atoms with Crippen molar-refractivity contribution in [2.24, 2.45) is 0 Å². The molecular formula is C13H14N2O4S. The maximum Gasteiger partial charge on any atom is 0.325 e. The molecule has 2 N–H and O–H groups in total. The summed E-state index contributed by atoms with van der Waals surface area (Å²) in [7, 11) is 0. The van der Waals surface area contributed by atoms with Gasteiger partial charge >= 0.3 is 5.97 Å². The number of nitrogens with zero attached hydrogens (tertiary/aromatic N) is 1. The number of nitrogens with one attached hydrogen (secondary N) is 1. The fourth-order valence-corrected chi connectivity index (χ4v) is 2.98. The van der Waals surface area contributed by atoms with Gasteiger partial charge in [0, 0.05) is 6.07 Å². The highest BCUT2D eigenvalue weighted by atomic mass is 32.2. The molecule has 0 aliphatic heterocycles. The second-order valence-electron chi connectivity index (χ2n) is 4.53. The fourth-order valence-electron chi connectivity index (χ4n) is 2.01. The van der Waals surface area contributed by atoms with Gasteiger partial charge < -0.3 is 5.11 Å². The summed E-state index contributed by atoms with van der Waals surface area (Å²) in [6.45, 7) is 0. The van der Waals surface area contributed by atoms with E-state index in [1.165, 1.54) is 6.07 Å². The molecule has 106 valence electrons. The van der Waals surface area contributed by atoms with Crippen LogP contribution in [0.15, 0.2) is 41.3 Å². The van der Waals surface area contributed by atoms with E-state index in [0.29, 0.717) is 24.2 Å². The van der Waals surface area contributed by atoms with Crippen LogP contribution in [0.4, 0.5) is 5.69 Å². The molecule has 0 saturated carbocycles. The van der Waals surface area contributed by atoms with Crippen LogP contribution in [0, 0.1) is 10.1 Å². The van der Waals surface area contributed by atoms with Crippen molar-refractivity contribution in [2.75, 3.05) is 0 Å². The lowest BCUT2D eigenvalue weighted by Gasteiger charge is -2.30.